The maximum absolute atomic E-state index is 10.3. The summed E-state index contributed by atoms with van der Waals surface area (Å²) in [5, 5.41) is 11.5. The average Bonchev–Trinajstić information content (AvgIpc) is 2.98. The van der Waals surface area contributed by atoms with E-state index in [9.17, 15) is 5.11 Å². The van der Waals surface area contributed by atoms with E-state index in [-0.39, 0.29) is 5.92 Å². The Balaban J connectivity index is 2.00. The Kier molecular flexibility index (Phi) is 2.42. The van der Waals surface area contributed by atoms with Crippen molar-refractivity contribution in [1.82, 2.24) is 4.98 Å². The van der Waals surface area contributed by atoms with Crippen LogP contribution in [0.3, 0.4) is 0 Å². The highest BCUT2D eigenvalue weighted by Crippen LogP contribution is 2.32. The van der Waals surface area contributed by atoms with Gasteiger partial charge in [0.05, 0.1) is 12.7 Å². The van der Waals surface area contributed by atoms with Gasteiger partial charge in [0.2, 0.25) is 0 Å². The Morgan fingerprint density at radius 3 is 3.12 bits per heavy atom. The van der Waals surface area contributed by atoms with Gasteiger partial charge in [0.1, 0.15) is 0 Å². The predicted octanol–water partition coefficient (Wildman–Crippen LogP) is 2.24. The number of rotatable bonds is 2. The average molecular weight is 217 g/mol. The Labute approximate surface area is 94.0 Å². The number of aromatic amines is 1. The molecule has 0 spiro atoms. The highest BCUT2D eigenvalue weighted by atomic mass is 16.5. The number of hydrogen-bond acceptors (Lipinski definition) is 2. The molecule has 0 bridgehead atoms. The molecule has 1 aromatic heterocycles. The number of aromatic nitrogens is 1. The van der Waals surface area contributed by atoms with Crippen LogP contribution in [0, 0.1) is 5.92 Å². The normalized spacial score (nSPS) is 22.7. The first kappa shape index (κ1) is 9.87. The molecular weight excluding hydrogens is 202 g/mol. The van der Waals surface area contributed by atoms with Crippen LogP contribution in [-0.4, -0.2) is 23.3 Å². The van der Waals surface area contributed by atoms with Crippen molar-refractivity contribution >= 4 is 10.9 Å². The van der Waals surface area contributed by atoms with E-state index in [4.69, 9.17) is 4.74 Å². The molecule has 1 fully saturated rings. The smallest absolute Gasteiger partial charge is 0.0847 e. The fraction of sp³-hybridized carbons (Fsp3) is 0.385. The molecule has 2 aromatic rings. The van der Waals surface area contributed by atoms with Crippen molar-refractivity contribution < 1.29 is 9.84 Å². The van der Waals surface area contributed by atoms with Gasteiger partial charge < -0.3 is 14.8 Å². The minimum absolute atomic E-state index is 0.237. The van der Waals surface area contributed by atoms with Crippen LogP contribution in [0.25, 0.3) is 10.9 Å². The fourth-order valence-corrected chi connectivity index (χ4v) is 2.42. The van der Waals surface area contributed by atoms with Crippen LogP contribution in [0.4, 0.5) is 0 Å². The summed E-state index contributed by atoms with van der Waals surface area (Å²) >= 11 is 0. The van der Waals surface area contributed by atoms with Crippen molar-refractivity contribution in [2.75, 3.05) is 13.2 Å². The van der Waals surface area contributed by atoms with E-state index < -0.39 is 6.10 Å². The van der Waals surface area contributed by atoms with Gasteiger partial charge >= 0.3 is 0 Å². The lowest BCUT2D eigenvalue weighted by molar-refractivity contribution is 0.0929. The van der Waals surface area contributed by atoms with Gasteiger partial charge in [-0.15, -0.1) is 0 Å². The highest BCUT2D eigenvalue weighted by molar-refractivity contribution is 5.83. The van der Waals surface area contributed by atoms with E-state index in [0.717, 1.165) is 29.5 Å². The van der Waals surface area contributed by atoms with Gasteiger partial charge in [-0.25, -0.2) is 0 Å². The molecular formula is C13H15NO2. The SMILES string of the molecule is OC(c1cccc2[nH]ccc12)C1CCOC1. The van der Waals surface area contributed by atoms with Gasteiger partial charge in [0.25, 0.3) is 0 Å². The fourth-order valence-electron chi connectivity index (χ4n) is 2.42. The van der Waals surface area contributed by atoms with E-state index in [0.29, 0.717) is 6.61 Å². The number of fused-ring (bicyclic) bond motifs is 1. The summed E-state index contributed by atoms with van der Waals surface area (Å²) in [5.74, 6) is 0.237. The Morgan fingerprint density at radius 1 is 1.38 bits per heavy atom. The molecule has 3 nitrogen and oxygen atoms in total. The maximum Gasteiger partial charge on any atom is 0.0847 e. The minimum Gasteiger partial charge on any atom is -0.388 e. The lowest BCUT2D eigenvalue weighted by Gasteiger charge is -2.17. The highest BCUT2D eigenvalue weighted by Gasteiger charge is 2.26. The van der Waals surface area contributed by atoms with Crippen molar-refractivity contribution in [2.24, 2.45) is 5.92 Å². The zero-order valence-electron chi connectivity index (χ0n) is 9.02. The summed E-state index contributed by atoms with van der Waals surface area (Å²) in [6.45, 7) is 1.44. The molecule has 2 heterocycles. The summed E-state index contributed by atoms with van der Waals surface area (Å²) in [6, 6.07) is 8.02. The molecule has 2 N–H and O–H groups in total. The predicted molar refractivity (Wildman–Crippen MR) is 62.2 cm³/mol. The lowest BCUT2D eigenvalue weighted by atomic mass is 9.93. The number of hydrogen-bond donors (Lipinski definition) is 2. The van der Waals surface area contributed by atoms with E-state index in [1.165, 1.54) is 0 Å². The van der Waals surface area contributed by atoms with Gasteiger partial charge in [0, 0.05) is 29.6 Å². The van der Waals surface area contributed by atoms with Gasteiger partial charge in [-0.1, -0.05) is 12.1 Å². The molecule has 1 aliphatic heterocycles. The molecule has 3 heteroatoms. The van der Waals surface area contributed by atoms with E-state index in [1.807, 2.05) is 30.5 Å². The number of aliphatic hydroxyl groups excluding tert-OH is 1. The second kappa shape index (κ2) is 3.92. The molecule has 16 heavy (non-hydrogen) atoms. The topological polar surface area (TPSA) is 45.2 Å². The third kappa shape index (κ3) is 1.52. The third-order valence-corrected chi connectivity index (χ3v) is 3.36. The van der Waals surface area contributed by atoms with Gasteiger partial charge in [-0.05, 0) is 24.1 Å². The van der Waals surface area contributed by atoms with Crippen molar-refractivity contribution in [3.63, 3.8) is 0 Å². The molecule has 0 saturated carbocycles. The first-order chi connectivity index (χ1) is 7.86. The molecule has 0 aliphatic carbocycles. The molecule has 0 amide bonds. The Bertz CT molecular complexity index is 485. The van der Waals surface area contributed by atoms with Crippen LogP contribution < -0.4 is 0 Å². The molecule has 3 rings (SSSR count). The first-order valence-electron chi connectivity index (χ1n) is 5.68. The Morgan fingerprint density at radius 2 is 2.31 bits per heavy atom. The molecule has 1 aromatic carbocycles. The second-order valence-electron chi connectivity index (χ2n) is 4.35. The lowest BCUT2D eigenvalue weighted by Crippen LogP contribution is -2.12. The number of nitrogens with one attached hydrogen (secondary N) is 1. The van der Waals surface area contributed by atoms with Crippen molar-refractivity contribution in [3.8, 4) is 0 Å². The van der Waals surface area contributed by atoms with Gasteiger partial charge in [-0.3, -0.25) is 0 Å². The summed E-state index contributed by atoms with van der Waals surface area (Å²) < 4.78 is 5.33. The quantitative estimate of drug-likeness (QED) is 0.810. The van der Waals surface area contributed by atoms with Crippen LogP contribution in [-0.2, 0) is 4.74 Å². The monoisotopic (exact) mass is 217 g/mol. The van der Waals surface area contributed by atoms with Gasteiger partial charge in [0.15, 0.2) is 0 Å². The van der Waals surface area contributed by atoms with Gasteiger partial charge in [-0.2, -0.15) is 0 Å². The summed E-state index contributed by atoms with van der Waals surface area (Å²) in [4.78, 5) is 3.16. The zero-order valence-corrected chi connectivity index (χ0v) is 9.02. The number of H-pyrrole nitrogens is 1. The minimum atomic E-state index is -0.415. The van der Waals surface area contributed by atoms with Crippen molar-refractivity contribution in [3.05, 3.63) is 36.0 Å². The number of benzene rings is 1. The standard InChI is InChI=1S/C13H15NO2/c15-13(9-5-7-16-8-9)11-2-1-3-12-10(11)4-6-14-12/h1-4,6,9,13-15H,5,7-8H2. The van der Waals surface area contributed by atoms with E-state index in [1.54, 1.807) is 0 Å². The Hall–Kier alpha value is -1.32. The van der Waals surface area contributed by atoms with E-state index in [2.05, 4.69) is 4.98 Å². The molecule has 1 saturated heterocycles. The van der Waals surface area contributed by atoms with Crippen LogP contribution in [0.5, 0.6) is 0 Å². The van der Waals surface area contributed by atoms with E-state index >= 15 is 0 Å². The first-order valence-corrected chi connectivity index (χ1v) is 5.68. The van der Waals surface area contributed by atoms with Crippen LogP contribution >= 0.6 is 0 Å². The van der Waals surface area contributed by atoms with Crippen LogP contribution in [0.1, 0.15) is 18.1 Å². The molecule has 2 atom stereocenters. The summed E-state index contributed by atoms with van der Waals surface area (Å²) in [5.41, 5.74) is 2.09. The number of ether oxygens (including phenoxy) is 1. The zero-order chi connectivity index (χ0) is 11.0. The maximum atomic E-state index is 10.3. The second-order valence-corrected chi connectivity index (χ2v) is 4.35. The largest absolute Gasteiger partial charge is 0.388 e. The van der Waals surface area contributed by atoms with Crippen LogP contribution in [0.2, 0.25) is 0 Å². The van der Waals surface area contributed by atoms with Crippen molar-refractivity contribution in [2.45, 2.75) is 12.5 Å². The third-order valence-electron chi connectivity index (χ3n) is 3.36. The molecule has 0 radical (unpaired) electrons. The molecule has 84 valence electrons. The summed E-state index contributed by atoms with van der Waals surface area (Å²) in [6.07, 6.45) is 2.44. The molecule has 2 unspecified atom stereocenters. The number of aliphatic hydroxyl groups is 1. The summed E-state index contributed by atoms with van der Waals surface area (Å²) in [7, 11) is 0. The molecule has 1 aliphatic rings. The van der Waals surface area contributed by atoms with Crippen LogP contribution in [0.15, 0.2) is 30.5 Å². The van der Waals surface area contributed by atoms with Crippen molar-refractivity contribution in [1.29, 1.82) is 0 Å².